The van der Waals surface area contributed by atoms with Crippen molar-refractivity contribution in [2.45, 2.75) is 96.4 Å². The molecule has 2 atom stereocenters. The summed E-state index contributed by atoms with van der Waals surface area (Å²) in [6.45, 7) is 17.6. The predicted octanol–water partition coefficient (Wildman–Crippen LogP) is 4.57. The Morgan fingerprint density at radius 2 is 2.00 bits per heavy atom. The van der Waals surface area contributed by atoms with E-state index in [9.17, 15) is 4.79 Å². The van der Waals surface area contributed by atoms with E-state index in [1.54, 1.807) is 0 Å². The van der Waals surface area contributed by atoms with Crippen LogP contribution in [-0.2, 0) is 23.4 Å². The summed E-state index contributed by atoms with van der Waals surface area (Å²) in [4.78, 5) is 11.1. The van der Waals surface area contributed by atoms with Gasteiger partial charge in [0, 0.05) is 20.0 Å². The fourth-order valence-corrected chi connectivity index (χ4v) is 4.66. The summed E-state index contributed by atoms with van der Waals surface area (Å²) in [5.41, 5.74) is 0.708. The standard InChI is InChI=1S/C20H36O5Si/c1-15(21)22-13-11-16-9-10-17-20(16,25-19(5,6)24-17)12-14-23-26(7,8)18(2,3)4/h11,17H,9-10,12-14H2,1-8H3/b16-11-/t17-,20+/m0/s1. The van der Waals surface area contributed by atoms with Crippen LogP contribution in [0.25, 0.3) is 0 Å². The number of carbonyl (C=O) groups is 1. The van der Waals surface area contributed by atoms with Crippen molar-refractivity contribution in [1.29, 1.82) is 0 Å². The second-order valence-electron chi connectivity index (χ2n) is 9.43. The maximum Gasteiger partial charge on any atom is 0.302 e. The van der Waals surface area contributed by atoms with E-state index in [0.717, 1.165) is 19.3 Å². The van der Waals surface area contributed by atoms with Crippen LogP contribution in [0.2, 0.25) is 18.1 Å². The van der Waals surface area contributed by atoms with E-state index in [0.29, 0.717) is 6.61 Å². The summed E-state index contributed by atoms with van der Waals surface area (Å²) >= 11 is 0. The minimum absolute atomic E-state index is 0.0316. The molecule has 1 aliphatic carbocycles. The Balaban J connectivity index is 2.14. The molecule has 0 aromatic heterocycles. The van der Waals surface area contributed by atoms with Gasteiger partial charge >= 0.3 is 5.97 Å². The van der Waals surface area contributed by atoms with Crippen LogP contribution in [-0.4, -0.2) is 45.0 Å². The van der Waals surface area contributed by atoms with E-state index in [1.807, 2.05) is 19.9 Å². The van der Waals surface area contributed by atoms with Crippen LogP contribution in [0.3, 0.4) is 0 Å². The lowest BCUT2D eigenvalue weighted by Crippen LogP contribution is -2.44. The lowest BCUT2D eigenvalue weighted by molar-refractivity contribution is -0.162. The van der Waals surface area contributed by atoms with E-state index in [-0.39, 0.29) is 23.7 Å². The molecule has 0 spiro atoms. The Morgan fingerprint density at radius 3 is 2.58 bits per heavy atom. The number of hydrogen-bond acceptors (Lipinski definition) is 5. The Morgan fingerprint density at radius 1 is 1.35 bits per heavy atom. The largest absolute Gasteiger partial charge is 0.462 e. The molecule has 1 aliphatic heterocycles. The molecule has 0 radical (unpaired) electrons. The Kier molecular flexibility index (Phi) is 6.13. The lowest BCUT2D eigenvalue weighted by Gasteiger charge is -2.38. The van der Waals surface area contributed by atoms with Gasteiger partial charge in [0.1, 0.15) is 12.2 Å². The quantitative estimate of drug-likeness (QED) is 0.381. The highest BCUT2D eigenvalue weighted by molar-refractivity contribution is 6.74. The van der Waals surface area contributed by atoms with Gasteiger partial charge in [-0.2, -0.15) is 0 Å². The van der Waals surface area contributed by atoms with Crippen molar-refractivity contribution in [2.24, 2.45) is 0 Å². The first-order valence-corrected chi connectivity index (χ1v) is 12.5. The van der Waals surface area contributed by atoms with Gasteiger partial charge in [-0.3, -0.25) is 4.79 Å². The van der Waals surface area contributed by atoms with Crippen LogP contribution in [0.15, 0.2) is 11.6 Å². The first-order chi connectivity index (χ1) is 11.8. The molecule has 2 fully saturated rings. The van der Waals surface area contributed by atoms with Crippen LogP contribution in [0.1, 0.15) is 60.8 Å². The van der Waals surface area contributed by atoms with E-state index in [1.165, 1.54) is 12.5 Å². The third kappa shape index (κ3) is 4.58. The van der Waals surface area contributed by atoms with E-state index in [2.05, 4.69) is 33.9 Å². The summed E-state index contributed by atoms with van der Waals surface area (Å²) in [6, 6.07) is 0. The molecule has 1 saturated carbocycles. The molecule has 2 aliphatic rings. The van der Waals surface area contributed by atoms with Gasteiger partial charge in [-0.15, -0.1) is 0 Å². The van der Waals surface area contributed by atoms with E-state index in [4.69, 9.17) is 18.6 Å². The van der Waals surface area contributed by atoms with Gasteiger partial charge in [-0.05, 0) is 56.5 Å². The molecule has 0 bridgehead atoms. The van der Waals surface area contributed by atoms with E-state index >= 15 is 0 Å². The summed E-state index contributed by atoms with van der Waals surface area (Å²) in [7, 11) is -1.81. The van der Waals surface area contributed by atoms with E-state index < -0.39 is 19.7 Å². The van der Waals surface area contributed by atoms with Crippen molar-refractivity contribution in [3.05, 3.63) is 11.6 Å². The van der Waals surface area contributed by atoms with Crippen molar-refractivity contribution in [3.63, 3.8) is 0 Å². The molecule has 0 N–H and O–H groups in total. The zero-order chi connectivity index (χ0) is 19.8. The topological polar surface area (TPSA) is 54.0 Å². The van der Waals surface area contributed by atoms with Crippen LogP contribution in [0.4, 0.5) is 0 Å². The van der Waals surface area contributed by atoms with Crippen molar-refractivity contribution < 1.29 is 23.4 Å². The van der Waals surface area contributed by atoms with Crippen molar-refractivity contribution in [2.75, 3.05) is 13.2 Å². The smallest absolute Gasteiger partial charge is 0.302 e. The Hall–Kier alpha value is -0.693. The van der Waals surface area contributed by atoms with Crippen molar-refractivity contribution in [3.8, 4) is 0 Å². The average Bonchev–Trinajstić information content (AvgIpc) is 2.88. The Bertz CT molecular complexity index is 561. The minimum atomic E-state index is -1.81. The molecule has 1 heterocycles. The molecule has 0 unspecified atom stereocenters. The molecular weight excluding hydrogens is 348 g/mol. The van der Waals surface area contributed by atoms with Gasteiger partial charge in [0.05, 0.1) is 6.10 Å². The number of hydrogen-bond donors (Lipinski definition) is 0. The summed E-state index contributed by atoms with van der Waals surface area (Å²) in [5, 5.41) is 0.181. The predicted molar refractivity (Wildman–Crippen MR) is 104 cm³/mol. The zero-order valence-electron chi connectivity index (χ0n) is 17.7. The Labute approximate surface area is 159 Å². The summed E-state index contributed by atoms with van der Waals surface area (Å²) in [6.07, 6.45) is 4.62. The molecule has 6 heteroatoms. The van der Waals surface area contributed by atoms with Gasteiger partial charge in [-0.25, -0.2) is 0 Å². The molecule has 2 rings (SSSR count). The highest BCUT2D eigenvalue weighted by Crippen LogP contribution is 2.51. The molecule has 0 aromatic carbocycles. The molecule has 0 aromatic rings. The fourth-order valence-electron chi connectivity index (χ4n) is 3.61. The normalized spacial score (nSPS) is 29.8. The second kappa shape index (κ2) is 7.38. The van der Waals surface area contributed by atoms with Crippen LogP contribution < -0.4 is 0 Å². The van der Waals surface area contributed by atoms with Gasteiger partial charge in [0.15, 0.2) is 14.1 Å². The number of ether oxygens (including phenoxy) is 3. The van der Waals surface area contributed by atoms with Gasteiger partial charge < -0.3 is 18.6 Å². The molecule has 5 nitrogen and oxygen atoms in total. The molecular formula is C20H36O5Si. The first-order valence-electron chi connectivity index (χ1n) is 9.64. The highest BCUT2D eigenvalue weighted by atomic mass is 28.4. The molecule has 1 saturated heterocycles. The molecule has 150 valence electrons. The zero-order valence-corrected chi connectivity index (χ0v) is 18.7. The number of rotatable bonds is 6. The lowest BCUT2D eigenvalue weighted by atomic mass is 9.91. The SMILES string of the molecule is CC(=O)OC/C=C1/CC[C@@H]2OC(C)(C)O[C@]12CCO[Si](C)(C)C(C)(C)C. The maximum absolute atomic E-state index is 11.1. The summed E-state index contributed by atoms with van der Waals surface area (Å²) in [5.74, 6) is -0.876. The highest BCUT2D eigenvalue weighted by Gasteiger charge is 2.58. The monoisotopic (exact) mass is 384 g/mol. The fraction of sp³-hybridized carbons (Fsp3) is 0.850. The van der Waals surface area contributed by atoms with Crippen molar-refractivity contribution in [1.82, 2.24) is 0 Å². The maximum atomic E-state index is 11.1. The molecule has 0 amide bonds. The number of fused-ring (bicyclic) bond motifs is 1. The van der Waals surface area contributed by atoms with Crippen LogP contribution >= 0.6 is 0 Å². The second-order valence-corrected chi connectivity index (χ2v) is 14.2. The van der Waals surface area contributed by atoms with Crippen molar-refractivity contribution >= 4 is 14.3 Å². The first kappa shape index (κ1) is 21.6. The summed E-state index contributed by atoms with van der Waals surface area (Å²) < 4.78 is 24.1. The third-order valence-electron chi connectivity index (χ3n) is 5.95. The van der Waals surface area contributed by atoms with Crippen LogP contribution in [0.5, 0.6) is 0 Å². The van der Waals surface area contributed by atoms with Gasteiger partial charge in [-0.1, -0.05) is 20.8 Å². The van der Waals surface area contributed by atoms with Gasteiger partial charge in [0.2, 0.25) is 0 Å². The number of carbonyl (C=O) groups excluding carboxylic acids is 1. The molecule has 26 heavy (non-hydrogen) atoms. The average molecular weight is 385 g/mol. The van der Waals surface area contributed by atoms with Crippen LogP contribution in [0, 0.1) is 0 Å². The minimum Gasteiger partial charge on any atom is -0.462 e. The van der Waals surface area contributed by atoms with Gasteiger partial charge in [0.25, 0.3) is 0 Å². The third-order valence-corrected chi connectivity index (χ3v) is 10.5. The number of esters is 1.